The van der Waals surface area contributed by atoms with E-state index in [9.17, 15) is 23.2 Å². The molecule has 2 aliphatic rings. The number of ether oxygens (including phenoxy) is 1. The minimum Gasteiger partial charge on any atom is -0.385 e. The number of nitrogens with one attached hydrogen (secondary N) is 2. The van der Waals surface area contributed by atoms with Gasteiger partial charge in [0.05, 0.1) is 12.4 Å². The number of piperidine rings is 1. The highest BCUT2D eigenvalue weighted by atomic mass is 19.1. The fraction of sp³-hybridized carbons (Fsp3) is 0.423. The van der Waals surface area contributed by atoms with Crippen molar-refractivity contribution in [2.75, 3.05) is 56.8 Å². The Morgan fingerprint density at radius 1 is 1.08 bits per heavy atom. The van der Waals surface area contributed by atoms with Gasteiger partial charge in [-0.3, -0.25) is 9.59 Å². The number of methoxy groups -OCH3 is 1. The van der Waals surface area contributed by atoms with Gasteiger partial charge in [-0.1, -0.05) is 18.2 Å². The Morgan fingerprint density at radius 3 is 2.49 bits per heavy atom. The number of rotatable bonds is 8. The maximum atomic E-state index is 14.0. The second-order valence-corrected chi connectivity index (χ2v) is 9.18. The summed E-state index contributed by atoms with van der Waals surface area (Å²) in [4.78, 5) is 44.0. The van der Waals surface area contributed by atoms with Crippen LogP contribution in [0, 0.1) is 11.6 Å². The lowest BCUT2D eigenvalue weighted by molar-refractivity contribution is -0.137. The third kappa shape index (κ3) is 5.82. The number of carbonyl (C=O) groups excluding carboxylic acids is 3. The molecule has 1 spiro atoms. The standard InChI is InChI=1S/C26H31F2N5O4/c1-37-15-5-12-29-23(34)17-32-18-33(20-6-3-2-4-7-20)26(24(32)35)10-13-31(14-11-26)25(36)30-22-9-8-19(27)16-21(22)28/h2-4,6-9,16H,5,10-15,17-18H2,1H3,(H,29,34)(H,30,36). The number of benzene rings is 2. The smallest absolute Gasteiger partial charge is 0.321 e. The molecule has 4 rings (SSSR count). The maximum Gasteiger partial charge on any atom is 0.321 e. The highest BCUT2D eigenvalue weighted by molar-refractivity contribution is 5.97. The van der Waals surface area contributed by atoms with Crippen LogP contribution in [0.15, 0.2) is 48.5 Å². The minimum atomic E-state index is -0.907. The Morgan fingerprint density at radius 2 is 1.81 bits per heavy atom. The Hall–Kier alpha value is -3.73. The Bertz CT molecular complexity index is 1130. The molecule has 2 aliphatic heterocycles. The Balaban J connectivity index is 1.45. The van der Waals surface area contributed by atoms with Crippen LogP contribution in [-0.2, 0) is 14.3 Å². The molecule has 0 atom stereocenters. The van der Waals surface area contributed by atoms with Crippen molar-refractivity contribution in [3.8, 4) is 0 Å². The lowest BCUT2D eigenvalue weighted by atomic mass is 9.85. The predicted molar refractivity (Wildman–Crippen MR) is 134 cm³/mol. The van der Waals surface area contributed by atoms with Gasteiger partial charge >= 0.3 is 6.03 Å². The minimum absolute atomic E-state index is 0.0645. The monoisotopic (exact) mass is 515 g/mol. The zero-order valence-corrected chi connectivity index (χ0v) is 20.7. The molecule has 11 heteroatoms. The van der Waals surface area contributed by atoms with Crippen molar-refractivity contribution in [2.45, 2.75) is 24.8 Å². The fourth-order valence-corrected chi connectivity index (χ4v) is 4.86. The zero-order chi connectivity index (χ0) is 26.4. The van der Waals surface area contributed by atoms with Gasteiger partial charge < -0.3 is 30.1 Å². The van der Waals surface area contributed by atoms with Gasteiger partial charge in [-0.05, 0) is 43.5 Å². The first-order chi connectivity index (χ1) is 17.8. The normalized spacial score (nSPS) is 16.8. The van der Waals surface area contributed by atoms with Crippen molar-refractivity contribution in [1.82, 2.24) is 15.1 Å². The Kier molecular flexibility index (Phi) is 8.22. The highest BCUT2D eigenvalue weighted by Gasteiger charge is 2.54. The van der Waals surface area contributed by atoms with E-state index in [1.54, 1.807) is 12.0 Å². The molecule has 0 unspecified atom stereocenters. The molecule has 2 aromatic carbocycles. The Labute approximate surface area is 214 Å². The molecule has 2 saturated heterocycles. The van der Waals surface area contributed by atoms with E-state index in [1.165, 1.54) is 11.0 Å². The third-order valence-electron chi connectivity index (χ3n) is 6.81. The van der Waals surface area contributed by atoms with E-state index in [2.05, 4.69) is 10.6 Å². The molecule has 0 aromatic heterocycles. The number of urea groups is 1. The number of amides is 4. The number of hydrogen-bond donors (Lipinski definition) is 2. The van der Waals surface area contributed by atoms with E-state index in [4.69, 9.17) is 4.74 Å². The largest absolute Gasteiger partial charge is 0.385 e. The molecule has 0 bridgehead atoms. The number of anilines is 2. The molecule has 9 nitrogen and oxygen atoms in total. The molecule has 2 heterocycles. The van der Waals surface area contributed by atoms with Gasteiger partial charge in [0, 0.05) is 45.1 Å². The SMILES string of the molecule is COCCCNC(=O)CN1CN(c2ccccc2)C2(CCN(C(=O)Nc3ccc(F)cc3F)CC2)C1=O. The average Bonchev–Trinajstić information content (AvgIpc) is 3.15. The van der Waals surface area contributed by atoms with Crippen LogP contribution in [0.2, 0.25) is 0 Å². The summed E-state index contributed by atoms with van der Waals surface area (Å²) in [5.41, 5.74) is -0.169. The topological polar surface area (TPSA) is 94.2 Å². The molecule has 2 N–H and O–H groups in total. The first-order valence-corrected chi connectivity index (χ1v) is 12.2. The summed E-state index contributed by atoms with van der Waals surface area (Å²) in [7, 11) is 1.60. The molecule has 0 saturated carbocycles. The van der Waals surface area contributed by atoms with Gasteiger partial charge in [-0.15, -0.1) is 0 Å². The van der Waals surface area contributed by atoms with Crippen molar-refractivity contribution in [3.63, 3.8) is 0 Å². The van der Waals surface area contributed by atoms with E-state index in [0.717, 1.165) is 11.8 Å². The van der Waals surface area contributed by atoms with Crippen LogP contribution in [0.1, 0.15) is 19.3 Å². The summed E-state index contributed by atoms with van der Waals surface area (Å²) in [5, 5.41) is 5.30. The van der Waals surface area contributed by atoms with Crippen LogP contribution in [-0.4, -0.2) is 79.7 Å². The van der Waals surface area contributed by atoms with Crippen molar-refractivity contribution in [2.24, 2.45) is 0 Å². The van der Waals surface area contributed by atoms with Crippen LogP contribution in [0.4, 0.5) is 25.0 Å². The second-order valence-electron chi connectivity index (χ2n) is 9.18. The summed E-state index contributed by atoms with van der Waals surface area (Å²) >= 11 is 0. The van der Waals surface area contributed by atoms with E-state index in [0.29, 0.717) is 38.5 Å². The maximum absolute atomic E-state index is 14.0. The number of para-hydroxylation sites is 1. The molecule has 198 valence electrons. The predicted octanol–water partition coefficient (Wildman–Crippen LogP) is 2.79. The fourth-order valence-electron chi connectivity index (χ4n) is 4.86. The van der Waals surface area contributed by atoms with Gasteiger partial charge in [0.15, 0.2) is 0 Å². The molecule has 4 amide bonds. The first kappa shape index (κ1) is 26.3. The first-order valence-electron chi connectivity index (χ1n) is 12.2. The van der Waals surface area contributed by atoms with Crippen LogP contribution in [0.5, 0.6) is 0 Å². The van der Waals surface area contributed by atoms with Crippen molar-refractivity contribution < 1.29 is 27.9 Å². The van der Waals surface area contributed by atoms with Gasteiger partial charge in [0.2, 0.25) is 5.91 Å². The highest BCUT2D eigenvalue weighted by Crippen LogP contribution is 2.39. The molecular weight excluding hydrogens is 484 g/mol. The van der Waals surface area contributed by atoms with Crippen LogP contribution in [0.25, 0.3) is 0 Å². The quantitative estimate of drug-likeness (QED) is 0.528. The van der Waals surface area contributed by atoms with Crippen molar-refractivity contribution in [1.29, 1.82) is 0 Å². The van der Waals surface area contributed by atoms with Gasteiger partial charge in [-0.2, -0.15) is 0 Å². The number of likely N-dealkylation sites (tertiary alicyclic amines) is 1. The molecule has 2 aromatic rings. The number of carbonyl (C=O) groups is 3. The van der Waals surface area contributed by atoms with E-state index in [1.807, 2.05) is 35.2 Å². The molecule has 2 fully saturated rings. The molecule has 0 radical (unpaired) electrons. The summed E-state index contributed by atoms with van der Waals surface area (Å²) in [5.74, 6) is -2.00. The van der Waals surface area contributed by atoms with Gasteiger partial charge in [-0.25, -0.2) is 13.6 Å². The van der Waals surface area contributed by atoms with Gasteiger partial charge in [0.1, 0.15) is 23.7 Å². The molecule has 37 heavy (non-hydrogen) atoms. The summed E-state index contributed by atoms with van der Waals surface area (Å²) in [6, 6.07) is 11.9. The van der Waals surface area contributed by atoms with Crippen LogP contribution < -0.4 is 15.5 Å². The third-order valence-corrected chi connectivity index (χ3v) is 6.81. The van der Waals surface area contributed by atoms with Crippen molar-refractivity contribution in [3.05, 3.63) is 60.2 Å². The average molecular weight is 516 g/mol. The molecule has 0 aliphatic carbocycles. The van der Waals surface area contributed by atoms with E-state index >= 15 is 0 Å². The number of hydrogen-bond acceptors (Lipinski definition) is 5. The van der Waals surface area contributed by atoms with Gasteiger partial charge in [0.25, 0.3) is 5.91 Å². The lowest BCUT2D eigenvalue weighted by Gasteiger charge is -2.43. The van der Waals surface area contributed by atoms with E-state index in [-0.39, 0.29) is 43.8 Å². The summed E-state index contributed by atoms with van der Waals surface area (Å²) in [6.45, 7) is 1.68. The summed E-state index contributed by atoms with van der Waals surface area (Å²) < 4.78 is 32.2. The summed E-state index contributed by atoms with van der Waals surface area (Å²) in [6.07, 6.45) is 1.36. The van der Waals surface area contributed by atoms with Crippen LogP contribution in [0.3, 0.4) is 0 Å². The van der Waals surface area contributed by atoms with E-state index < -0.39 is 23.2 Å². The van der Waals surface area contributed by atoms with Crippen LogP contribution >= 0.6 is 0 Å². The lowest BCUT2D eigenvalue weighted by Crippen LogP contribution is -2.58. The zero-order valence-electron chi connectivity index (χ0n) is 20.7. The van der Waals surface area contributed by atoms with Crippen molar-refractivity contribution >= 4 is 29.2 Å². The number of nitrogens with zero attached hydrogens (tertiary/aromatic N) is 3. The molecular formula is C26H31F2N5O4. The second kappa shape index (κ2) is 11.5. The number of halogens is 2.